The molecule has 1 N–H and O–H groups in total. The lowest BCUT2D eigenvalue weighted by molar-refractivity contribution is -0.149. The number of unbranched alkanes of at least 4 members (excludes halogenated alkanes) is 7. The van der Waals surface area contributed by atoms with Gasteiger partial charge < -0.3 is 14.7 Å². The largest absolute Gasteiger partial charge is 0.462 e. The molecule has 6 saturated carbocycles. The average Bonchev–Trinajstić information content (AvgIpc) is 4.06. The molecule has 80 heavy (non-hydrogen) atoms. The third kappa shape index (κ3) is 16.6. The molecule has 0 bridgehead atoms. The number of aliphatic hydroxyl groups is 1. The molecule has 450 valence electrons. The van der Waals surface area contributed by atoms with Gasteiger partial charge in [0.05, 0.1) is 0 Å². The number of hydrogen-bond acceptors (Lipinski definition) is 5. The molecule has 7 rings (SSSR count). The minimum absolute atomic E-state index is 0.0393. The summed E-state index contributed by atoms with van der Waals surface area (Å²) < 4.78 is 6.13. The molecule has 5 nitrogen and oxygen atoms in total. The summed E-state index contributed by atoms with van der Waals surface area (Å²) in [7, 11) is 0. The summed E-state index contributed by atoms with van der Waals surface area (Å²) in [5, 5.41) is 9.50. The highest BCUT2D eigenvalue weighted by molar-refractivity contribution is 5.78. The van der Waals surface area contributed by atoms with Crippen LogP contribution >= 0.6 is 0 Å². The molecule has 5 heteroatoms. The average molecular weight is 1100 g/mol. The minimum Gasteiger partial charge on any atom is -0.462 e. The van der Waals surface area contributed by atoms with Crippen LogP contribution in [-0.4, -0.2) is 54.1 Å². The van der Waals surface area contributed by atoms with Crippen molar-refractivity contribution in [2.45, 2.75) is 262 Å². The van der Waals surface area contributed by atoms with Gasteiger partial charge in [0, 0.05) is 32.3 Å². The van der Waals surface area contributed by atoms with E-state index in [4.69, 9.17) is 4.74 Å². The Morgan fingerprint density at radius 1 is 0.637 bits per heavy atom. The molecule has 0 spiro atoms. The first kappa shape index (κ1) is 64.8. The molecule has 0 aromatic heterocycles. The van der Waals surface area contributed by atoms with E-state index < -0.39 is 0 Å². The van der Waals surface area contributed by atoms with Crippen LogP contribution < -0.4 is 0 Å². The second-order valence-electron chi connectivity index (χ2n) is 29.7. The van der Waals surface area contributed by atoms with Crippen LogP contribution in [0.3, 0.4) is 0 Å². The predicted octanol–water partition coefficient (Wildman–Crippen LogP) is 19.7. The van der Waals surface area contributed by atoms with Crippen LogP contribution in [0, 0.1) is 87.3 Å². The van der Waals surface area contributed by atoms with Crippen molar-refractivity contribution in [1.29, 1.82) is 0 Å². The molecule has 0 aromatic rings. The van der Waals surface area contributed by atoms with Crippen molar-refractivity contribution in [2.24, 2.45) is 87.3 Å². The molecule has 7 aliphatic rings. The molecular weight excluding hydrogens is 979 g/mol. The number of ketones is 1. The highest BCUT2D eigenvalue weighted by Gasteiger charge is 2.57. The van der Waals surface area contributed by atoms with Crippen molar-refractivity contribution in [2.75, 3.05) is 26.2 Å². The van der Waals surface area contributed by atoms with Crippen LogP contribution in [0.25, 0.3) is 0 Å². The smallest absolute Gasteiger partial charge is 0.306 e. The number of aliphatic hydroxyl groups excluding tert-OH is 1. The lowest BCUT2D eigenvalue weighted by Gasteiger charge is -2.55. The van der Waals surface area contributed by atoms with Crippen molar-refractivity contribution in [3.05, 3.63) is 83.1 Å². The van der Waals surface area contributed by atoms with E-state index in [2.05, 4.69) is 136 Å². The zero-order valence-electron chi connectivity index (χ0n) is 53.6. The van der Waals surface area contributed by atoms with Crippen molar-refractivity contribution >= 4 is 11.8 Å². The van der Waals surface area contributed by atoms with Gasteiger partial charge in [-0.1, -0.05) is 179 Å². The number of esters is 1. The van der Waals surface area contributed by atoms with Gasteiger partial charge in [-0.3, -0.25) is 9.59 Å². The van der Waals surface area contributed by atoms with E-state index >= 15 is 0 Å². The molecule has 14 atom stereocenters. The zero-order valence-corrected chi connectivity index (χ0v) is 53.6. The van der Waals surface area contributed by atoms with Gasteiger partial charge in [-0.2, -0.15) is 0 Å². The Kier molecular flexibility index (Phi) is 24.6. The fourth-order valence-electron chi connectivity index (χ4n) is 17.6. The van der Waals surface area contributed by atoms with Crippen LogP contribution in [0.2, 0.25) is 0 Å². The number of rotatable bonds is 30. The molecular formula is C75H121NO4. The van der Waals surface area contributed by atoms with Gasteiger partial charge in [0.15, 0.2) is 0 Å². The first-order chi connectivity index (χ1) is 38.3. The molecule has 0 aliphatic heterocycles. The lowest BCUT2D eigenvalue weighted by Crippen LogP contribution is -2.46. The first-order valence-electron chi connectivity index (χ1n) is 34.2. The second kappa shape index (κ2) is 30.4. The van der Waals surface area contributed by atoms with Gasteiger partial charge >= 0.3 is 5.97 Å². The Morgan fingerprint density at radius 3 is 1.88 bits per heavy atom. The van der Waals surface area contributed by atoms with Gasteiger partial charge in [0.25, 0.3) is 0 Å². The minimum atomic E-state index is -0.0469. The Labute approximate surface area is 492 Å². The van der Waals surface area contributed by atoms with Crippen LogP contribution in [0.5, 0.6) is 0 Å². The van der Waals surface area contributed by atoms with Gasteiger partial charge in [0.1, 0.15) is 11.9 Å². The van der Waals surface area contributed by atoms with E-state index in [0.29, 0.717) is 76.3 Å². The SMILES string of the molecule is C=C1CCC(OC(=O)CCCCCCN(CCCCO)CCCCCCC(=O)CC2CCC3(C)C(=CC=C4C3CCC3(C)C4CCC3C(C)/C=C/C(C)C(C)C)C2)C/C1=C/C=C1\CCCC2(C)C1CCC2C(C)/C=C/C(C)C(C)C. The standard InChI is InChI=1S/C75H121NO4/c1-53(2)55(5)27-29-58(8)67-37-39-69-61(24-23-43-74(67,69)11)32-33-62-52-65(35-31-57(62)7)80-72(79)26-18-14-16-20-47-76(48-21-22-49-77)46-19-15-13-17-25-64(78)51-60-41-44-73(10)63(50-60)34-36-66-70-40-38-68(75(70,12)45-42-71(66)73)59(9)30-28-56(6)54(3)4/h27-30,32-34,36,53-56,58-60,65,67-71,77H,7,13-26,31,35,37-52H2,1-6,8-12H3/b29-27+,30-28+,61-32+,62-33-. The van der Waals surface area contributed by atoms with Gasteiger partial charge in [-0.25, -0.2) is 0 Å². The normalized spacial score (nSPS) is 33.2. The number of ether oxygens (including phenoxy) is 1. The van der Waals surface area contributed by atoms with Crippen molar-refractivity contribution in [3.8, 4) is 0 Å². The molecule has 0 heterocycles. The predicted molar refractivity (Wildman–Crippen MR) is 339 cm³/mol. The van der Waals surface area contributed by atoms with Crippen LogP contribution in [0.15, 0.2) is 83.1 Å². The summed E-state index contributed by atoms with van der Waals surface area (Å²) in [6.45, 7) is 34.8. The number of carbonyl (C=O) groups excluding carboxylic acids is 2. The number of nitrogens with zero attached hydrogens (tertiary/aromatic N) is 1. The highest BCUT2D eigenvalue weighted by Crippen LogP contribution is 2.66. The van der Waals surface area contributed by atoms with Gasteiger partial charge in [-0.05, 0) is 241 Å². The Morgan fingerprint density at radius 2 is 1.24 bits per heavy atom. The van der Waals surface area contributed by atoms with E-state index in [1.54, 1.807) is 16.7 Å². The number of allylic oxidation sites excluding steroid dienone is 12. The fraction of sp³-hybridized carbons (Fsp3) is 0.787. The van der Waals surface area contributed by atoms with Crippen molar-refractivity contribution in [1.82, 2.24) is 4.90 Å². The molecule has 0 amide bonds. The quantitative estimate of drug-likeness (QED) is 0.0441. The molecule has 0 radical (unpaired) electrons. The van der Waals surface area contributed by atoms with E-state index in [1.165, 1.54) is 94.6 Å². The second-order valence-corrected chi connectivity index (χ2v) is 29.7. The summed E-state index contributed by atoms with van der Waals surface area (Å²) in [6, 6.07) is 0. The van der Waals surface area contributed by atoms with E-state index in [9.17, 15) is 14.7 Å². The molecule has 0 aromatic carbocycles. The van der Waals surface area contributed by atoms with Crippen molar-refractivity contribution < 1.29 is 19.4 Å². The lowest BCUT2D eigenvalue weighted by atomic mass is 9.49. The molecule has 6 fully saturated rings. The maximum atomic E-state index is 13.4. The Balaban J connectivity index is 0.761. The molecule has 7 aliphatic carbocycles. The van der Waals surface area contributed by atoms with E-state index in [1.807, 2.05) is 0 Å². The topological polar surface area (TPSA) is 66.8 Å². The van der Waals surface area contributed by atoms with Gasteiger partial charge in [-0.15, -0.1) is 0 Å². The zero-order chi connectivity index (χ0) is 57.6. The Bertz CT molecular complexity index is 2200. The maximum Gasteiger partial charge on any atom is 0.306 e. The van der Waals surface area contributed by atoms with Gasteiger partial charge in [0.2, 0.25) is 0 Å². The van der Waals surface area contributed by atoms with Crippen LogP contribution in [0.4, 0.5) is 0 Å². The summed E-state index contributed by atoms with van der Waals surface area (Å²) >= 11 is 0. The fourth-order valence-corrected chi connectivity index (χ4v) is 17.6. The molecule has 14 unspecified atom stereocenters. The maximum absolute atomic E-state index is 13.4. The van der Waals surface area contributed by atoms with E-state index in [-0.39, 0.29) is 24.1 Å². The third-order valence-electron chi connectivity index (χ3n) is 23.7. The van der Waals surface area contributed by atoms with E-state index in [0.717, 1.165) is 127 Å². The van der Waals surface area contributed by atoms with Crippen molar-refractivity contribution in [3.63, 3.8) is 0 Å². The summed E-state index contributed by atoms with van der Waals surface area (Å²) in [6.07, 6.45) is 50.6. The monoisotopic (exact) mass is 1100 g/mol. The summed E-state index contributed by atoms with van der Waals surface area (Å²) in [4.78, 5) is 29.2. The molecule has 0 saturated heterocycles. The Hall–Kier alpha value is -2.76. The number of fused-ring (bicyclic) bond motifs is 6. The first-order valence-corrected chi connectivity index (χ1v) is 34.2. The summed E-state index contributed by atoms with van der Waals surface area (Å²) in [5.41, 5.74) is 8.63. The summed E-state index contributed by atoms with van der Waals surface area (Å²) in [5.74, 6) is 8.48. The number of Topliss-reactive ketones (excluding diaryl/α,β-unsaturated/α-hetero) is 1. The highest BCUT2D eigenvalue weighted by atomic mass is 16.5. The number of carbonyl (C=O) groups is 2. The van der Waals surface area contributed by atoms with Crippen LogP contribution in [-0.2, 0) is 14.3 Å². The van der Waals surface area contributed by atoms with Crippen LogP contribution in [0.1, 0.15) is 256 Å². The number of hydrogen-bond donors (Lipinski definition) is 1. The third-order valence-corrected chi connectivity index (χ3v) is 23.7.